The molecule has 0 radical (unpaired) electrons. The minimum atomic E-state index is -0.631. The normalized spacial score (nSPS) is 11.5. The molecule has 0 saturated heterocycles. The molecule has 0 aliphatic rings. The lowest BCUT2D eigenvalue weighted by Crippen LogP contribution is -2.03. The summed E-state index contributed by atoms with van der Waals surface area (Å²) in [6.07, 6.45) is -0.631. The van der Waals surface area contributed by atoms with Crippen LogP contribution in [0.4, 0.5) is 0 Å². The van der Waals surface area contributed by atoms with Crippen molar-refractivity contribution in [1.29, 1.82) is 0 Å². The standard InChI is InChI=1S/C10H10OS/c11-10(8-12)7-6-9-4-2-1-3-5-9/h1-5,10-12H,8H2. The highest BCUT2D eigenvalue weighted by Crippen LogP contribution is 1.95. The predicted octanol–water partition coefficient (Wildman–Crippen LogP) is 1.33. The van der Waals surface area contributed by atoms with Crippen LogP contribution >= 0.6 is 12.6 Å². The zero-order valence-electron chi connectivity index (χ0n) is 6.57. The molecule has 62 valence electrons. The van der Waals surface area contributed by atoms with Gasteiger partial charge in [0, 0.05) is 11.3 Å². The number of aliphatic hydroxyl groups excluding tert-OH is 1. The van der Waals surface area contributed by atoms with Crippen molar-refractivity contribution in [2.45, 2.75) is 6.10 Å². The summed E-state index contributed by atoms with van der Waals surface area (Å²) in [7, 11) is 0. The number of aliphatic hydroxyl groups is 1. The van der Waals surface area contributed by atoms with E-state index in [9.17, 15) is 0 Å². The zero-order chi connectivity index (χ0) is 8.81. The van der Waals surface area contributed by atoms with Gasteiger partial charge in [-0.3, -0.25) is 0 Å². The van der Waals surface area contributed by atoms with E-state index in [1.54, 1.807) is 0 Å². The lowest BCUT2D eigenvalue weighted by Gasteiger charge is -1.93. The van der Waals surface area contributed by atoms with Crippen LogP contribution in [-0.2, 0) is 0 Å². The predicted molar refractivity (Wildman–Crippen MR) is 53.2 cm³/mol. The van der Waals surface area contributed by atoms with Crippen molar-refractivity contribution in [3.8, 4) is 11.8 Å². The minimum Gasteiger partial charge on any atom is -0.380 e. The molecule has 1 aromatic rings. The van der Waals surface area contributed by atoms with Crippen LogP contribution < -0.4 is 0 Å². The molecular formula is C10H10OS. The van der Waals surface area contributed by atoms with Crippen LogP contribution in [0.5, 0.6) is 0 Å². The van der Waals surface area contributed by atoms with Gasteiger partial charge >= 0.3 is 0 Å². The van der Waals surface area contributed by atoms with Gasteiger partial charge in [-0.2, -0.15) is 12.6 Å². The van der Waals surface area contributed by atoms with Crippen LogP contribution in [0.2, 0.25) is 0 Å². The fourth-order valence-electron chi connectivity index (χ4n) is 0.734. The van der Waals surface area contributed by atoms with E-state index in [1.165, 1.54) is 0 Å². The largest absolute Gasteiger partial charge is 0.380 e. The van der Waals surface area contributed by atoms with Gasteiger partial charge in [-0.05, 0) is 12.1 Å². The first-order chi connectivity index (χ1) is 5.83. The van der Waals surface area contributed by atoms with E-state index < -0.39 is 6.10 Å². The van der Waals surface area contributed by atoms with Crippen LogP contribution in [0.3, 0.4) is 0 Å². The Labute approximate surface area is 77.8 Å². The molecular weight excluding hydrogens is 168 g/mol. The zero-order valence-corrected chi connectivity index (χ0v) is 7.46. The number of thiol groups is 1. The van der Waals surface area contributed by atoms with Crippen molar-refractivity contribution in [2.75, 3.05) is 5.75 Å². The Kier molecular flexibility index (Phi) is 3.72. The Morgan fingerprint density at radius 2 is 2.00 bits per heavy atom. The Balaban J connectivity index is 2.67. The molecule has 0 fully saturated rings. The first kappa shape index (κ1) is 9.18. The van der Waals surface area contributed by atoms with E-state index in [1.807, 2.05) is 30.3 Å². The van der Waals surface area contributed by atoms with Gasteiger partial charge in [0.25, 0.3) is 0 Å². The second-order valence-corrected chi connectivity index (χ2v) is 2.70. The fourth-order valence-corrected chi connectivity index (χ4v) is 0.825. The molecule has 1 nitrogen and oxygen atoms in total. The van der Waals surface area contributed by atoms with Gasteiger partial charge in [0.05, 0.1) is 0 Å². The fraction of sp³-hybridized carbons (Fsp3) is 0.200. The van der Waals surface area contributed by atoms with Crippen LogP contribution in [-0.4, -0.2) is 17.0 Å². The summed E-state index contributed by atoms with van der Waals surface area (Å²) in [6.45, 7) is 0. The summed E-state index contributed by atoms with van der Waals surface area (Å²) in [5.41, 5.74) is 0.915. The van der Waals surface area contributed by atoms with Gasteiger partial charge < -0.3 is 5.11 Å². The van der Waals surface area contributed by atoms with E-state index in [4.69, 9.17) is 5.11 Å². The molecule has 0 aliphatic heterocycles. The molecule has 2 heteroatoms. The third-order valence-electron chi connectivity index (χ3n) is 1.33. The Morgan fingerprint density at radius 3 is 2.58 bits per heavy atom. The van der Waals surface area contributed by atoms with E-state index in [0.29, 0.717) is 5.75 Å². The summed E-state index contributed by atoms with van der Waals surface area (Å²) in [6, 6.07) is 9.56. The smallest absolute Gasteiger partial charge is 0.123 e. The van der Waals surface area contributed by atoms with Gasteiger partial charge in [0.15, 0.2) is 0 Å². The van der Waals surface area contributed by atoms with Crippen LogP contribution in [0.1, 0.15) is 5.56 Å². The lowest BCUT2D eigenvalue weighted by molar-refractivity contribution is 0.258. The van der Waals surface area contributed by atoms with Crippen molar-refractivity contribution in [3.05, 3.63) is 35.9 Å². The molecule has 1 rings (SSSR count). The molecule has 0 heterocycles. The Hall–Kier alpha value is -0.910. The van der Waals surface area contributed by atoms with Gasteiger partial charge in [0.1, 0.15) is 6.10 Å². The Morgan fingerprint density at radius 1 is 1.33 bits per heavy atom. The van der Waals surface area contributed by atoms with Crippen molar-refractivity contribution in [2.24, 2.45) is 0 Å². The maximum atomic E-state index is 9.07. The highest BCUT2D eigenvalue weighted by molar-refractivity contribution is 7.80. The van der Waals surface area contributed by atoms with Gasteiger partial charge in [-0.25, -0.2) is 0 Å². The first-order valence-corrected chi connectivity index (χ1v) is 4.31. The second kappa shape index (κ2) is 4.87. The maximum Gasteiger partial charge on any atom is 0.123 e. The summed E-state index contributed by atoms with van der Waals surface area (Å²) in [5.74, 6) is 5.90. The molecule has 0 aliphatic carbocycles. The summed E-state index contributed by atoms with van der Waals surface area (Å²) >= 11 is 3.91. The van der Waals surface area contributed by atoms with Crippen molar-refractivity contribution in [1.82, 2.24) is 0 Å². The van der Waals surface area contributed by atoms with E-state index >= 15 is 0 Å². The number of hydrogen-bond donors (Lipinski definition) is 2. The van der Waals surface area contributed by atoms with Crippen LogP contribution in [0, 0.1) is 11.8 Å². The van der Waals surface area contributed by atoms with E-state index in [2.05, 4.69) is 24.5 Å². The van der Waals surface area contributed by atoms with Crippen molar-refractivity contribution >= 4 is 12.6 Å². The topological polar surface area (TPSA) is 20.2 Å². The number of benzene rings is 1. The van der Waals surface area contributed by atoms with Gasteiger partial charge in [-0.15, -0.1) is 0 Å². The lowest BCUT2D eigenvalue weighted by atomic mass is 10.2. The summed E-state index contributed by atoms with van der Waals surface area (Å²) in [5, 5.41) is 9.07. The average molecular weight is 178 g/mol. The minimum absolute atomic E-state index is 0.375. The monoisotopic (exact) mass is 178 g/mol. The molecule has 0 aromatic heterocycles. The molecule has 1 aromatic carbocycles. The average Bonchev–Trinajstić information content (AvgIpc) is 2.16. The number of rotatable bonds is 1. The third kappa shape index (κ3) is 3.00. The number of hydrogen-bond acceptors (Lipinski definition) is 2. The molecule has 1 atom stereocenters. The molecule has 12 heavy (non-hydrogen) atoms. The van der Waals surface area contributed by atoms with Crippen molar-refractivity contribution in [3.63, 3.8) is 0 Å². The van der Waals surface area contributed by atoms with Crippen LogP contribution in [0.15, 0.2) is 30.3 Å². The molecule has 1 N–H and O–H groups in total. The second-order valence-electron chi connectivity index (χ2n) is 2.33. The maximum absolute atomic E-state index is 9.07. The molecule has 0 amide bonds. The summed E-state index contributed by atoms with van der Waals surface area (Å²) in [4.78, 5) is 0. The van der Waals surface area contributed by atoms with E-state index in [-0.39, 0.29) is 0 Å². The highest BCUT2D eigenvalue weighted by atomic mass is 32.1. The molecule has 0 bridgehead atoms. The third-order valence-corrected chi connectivity index (χ3v) is 1.68. The van der Waals surface area contributed by atoms with Gasteiger partial charge in [-0.1, -0.05) is 30.0 Å². The van der Waals surface area contributed by atoms with Crippen molar-refractivity contribution < 1.29 is 5.11 Å². The molecule has 0 saturated carbocycles. The van der Waals surface area contributed by atoms with E-state index in [0.717, 1.165) is 5.56 Å². The van der Waals surface area contributed by atoms with Crippen LogP contribution in [0.25, 0.3) is 0 Å². The summed E-state index contributed by atoms with van der Waals surface area (Å²) < 4.78 is 0. The first-order valence-electron chi connectivity index (χ1n) is 3.68. The highest BCUT2D eigenvalue weighted by Gasteiger charge is 1.91. The molecule has 1 unspecified atom stereocenters. The Bertz CT molecular complexity index is 284. The SMILES string of the molecule is OC(C#Cc1ccccc1)CS. The quantitative estimate of drug-likeness (QED) is 0.491. The van der Waals surface area contributed by atoms with Gasteiger partial charge in [0.2, 0.25) is 0 Å². The molecule has 0 spiro atoms.